The highest BCUT2D eigenvalue weighted by Crippen LogP contribution is 2.38. The van der Waals surface area contributed by atoms with E-state index in [-0.39, 0.29) is 23.9 Å². The summed E-state index contributed by atoms with van der Waals surface area (Å²) in [5.74, 6) is -0.987. The quantitative estimate of drug-likeness (QED) is 0.493. The van der Waals surface area contributed by atoms with Crippen molar-refractivity contribution >= 4 is 28.4 Å². The molecule has 168 valence electrons. The van der Waals surface area contributed by atoms with Gasteiger partial charge in [-0.2, -0.15) is 0 Å². The Morgan fingerprint density at radius 3 is 2.76 bits per heavy atom. The van der Waals surface area contributed by atoms with Crippen molar-refractivity contribution in [3.63, 3.8) is 0 Å². The number of anilines is 2. The van der Waals surface area contributed by atoms with Gasteiger partial charge in [-0.15, -0.1) is 0 Å². The second kappa shape index (κ2) is 7.95. The predicted molar refractivity (Wildman–Crippen MR) is 124 cm³/mol. The third-order valence-corrected chi connectivity index (χ3v) is 6.13. The van der Waals surface area contributed by atoms with Gasteiger partial charge in [-0.1, -0.05) is 6.07 Å². The largest absolute Gasteiger partial charge is 0.383 e. The molecule has 0 atom stereocenters. The smallest absolute Gasteiger partial charge is 0.231 e. The molecule has 0 aliphatic carbocycles. The molecule has 1 amide bonds. The van der Waals surface area contributed by atoms with Crippen LogP contribution in [0.4, 0.5) is 20.3 Å². The van der Waals surface area contributed by atoms with Crippen LogP contribution in [0.5, 0.6) is 0 Å². The first-order valence-corrected chi connectivity index (χ1v) is 10.8. The Morgan fingerprint density at radius 2 is 1.97 bits per heavy atom. The van der Waals surface area contributed by atoms with E-state index in [1.54, 1.807) is 4.90 Å². The zero-order valence-electron chi connectivity index (χ0n) is 18.3. The van der Waals surface area contributed by atoms with Gasteiger partial charge in [0.25, 0.3) is 0 Å². The summed E-state index contributed by atoms with van der Waals surface area (Å²) in [5, 5.41) is 0.804. The van der Waals surface area contributed by atoms with Crippen LogP contribution in [-0.2, 0) is 17.6 Å². The highest BCUT2D eigenvalue weighted by atomic mass is 19.1. The minimum Gasteiger partial charge on any atom is -0.383 e. The lowest BCUT2D eigenvalue weighted by atomic mass is 10.0. The Balaban J connectivity index is 1.49. The van der Waals surface area contributed by atoms with Gasteiger partial charge in [0.2, 0.25) is 5.91 Å². The first kappa shape index (κ1) is 21.1. The van der Waals surface area contributed by atoms with Crippen LogP contribution < -0.4 is 10.6 Å². The molecule has 1 aliphatic rings. The number of hydrogen-bond acceptors (Lipinski definition) is 4. The Morgan fingerprint density at radius 1 is 1.15 bits per heavy atom. The second-order valence-electron chi connectivity index (χ2n) is 8.55. The average molecular weight is 447 g/mol. The standard InChI is InChI=1S/C25H23F2N5O/c1-14(2)32-12-19(23-24(28)29-13-30-25(23)32)15-3-6-21-16(9-15)7-8-31(21)22(33)11-17-10-18(26)4-5-20(17)27/h3-6,9-10,12-14H,7-8,11H2,1-2H3,(H2,28,29,30). The molecule has 33 heavy (non-hydrogen) atoms. The molecule has 3 heterocycles. The van der Waals surface area contributed by atoms with Crippen molar-refractivity contribution in [1.82, 2.24) is 14.5 Å². The molecule has 2 aromatic heterocycles. The maximum absolute atomic E-state index is 14.0. The van der Waals surface area contributed by atoms with Crippen molar-refractivity contribution in [2.75, 3.05) is 17.2 Å². The number of carbonyl (C=O) groups is 1. The minimum atomic E-state index is -0.583. The molecule has 0 saturated heterocycles. The molecular weight excluding hydrogens is 424 g/mol. The van der Waals surface area contributed by atoms with E-state index in [4.69, 9.17) is 5.73 Å². The number of rotatable bonds is 4. The van der Waals surface area contributed by atoms with Gasteiger partial charge >= 0.3 is 0 Å². The fourth-order valence-electron chi connectivity index (χ4n) is 4.49. The van der Waals surface area contributed by atoms with E-state index in [1.807, 2.05) is 18.3 Å². The number of aromatic nitrogens is 3. The second-order valence-corrected chi connectivity index (χ2v) is 8.55. The lowest BCUT2D eigenvalue weighted by Gasteiger charge is -2.18. The molecule has 1 aliphatic heterocycles. The highest BCUT2D eigenvalue weighted by molar-refractivity contribution is 6.02. The fourth-order valence-corrected chi connectivity index (χ4v) is 4.49. The van der Waals surface area contributed by atoms with Crippen LogP contribution in [0.2, 0.25) is 0 Å². The summed E-state index contributed by atoms with van der Waals surface area (Å²) in [5.41, 5.74) is 10.7. The van der Waals surface area contributed by atoms with Crippen molar-refractivity contribution in [3.8, 4) is 11.1 Å². The van der Waals surface area contributed by atoms with Crippen LogP contribution in [0, 0.1) is 11.6 Å². The van der Waals surface area contributed by atoms with Gasteiger partial charge < -0.3 is 15.2 Å². The zero-order valence-corrected chi connectivity index (χ0v) is 18.3. The summed E-state index contributed by atoms with van der Waals surface area (Å²) in [7, 11) is 0. The summed E-state index contributed by atoms with van der Waals surface area (Å²) >= 11 is 0. The molecule has 6 nitrogen and oxygen atoms in total. The number of fused-ring (bicyclic) bond motifs is 2. The van der Waals surface area contributed by atoms with E-state index in [2.05, 4.69) is 34.4 Å². The van der Waals surface area contributed by atoms with Crippen LogP contribution in [0.3, 0.4) is 0 Å². The first-order chi connectivity index (χ1) is 15.8. The lowest BCUT2D eigenvalue weighted by Crippen LogP contribution is -2.30. The highest BCUT2D eigenvalue weighted by Gasteiger charge is 2.26. The SMILES string of the molecule is CC(C)n1cc(-c2ccc3c(c2)CCN3C(=O)Cc2cc(F)ccc2F)c2c(N)ncnc21. The normalized spacial score (nSPS) is 13.2. The van der Waals surface area contributed by atoms with Crippen LogP contribution in [0.1, 0.15) is 31.0 Å². The van der Waals surface area contributed by atoms with Crippen LogP contribution in [0.15, 0.2) is 48.9 Å². The van der Waals surface area contributed by atoms with Gasteiger partial charge in [-0.05, 0) is 61.7 Å². The maximum Gasteiger partial charge on any atom is 0.231 e. The Hall–Kier alpha value is -3.81. The summed E-state index contributed by atoms with van der Waals surface area (Å²) in [4.78, 5) is 23.1. The summed E-state index contributed by atoms with van der Waals surface area (Å²) in [6.07, 6.45) is 3.98. The molecule has 0 spiro atoms. The van der Waals surface area contributed by atoms with Crippen molar-refractivity contribution < 1.29 is 13.6 Å². The van der Waals surface area contributed by atoms with Crippen molar-refractivity contribution in [1.29, 1.82) is 0 Å². The van der Waals surface area contributed by atoms with E-state index >= 15 is 0 Å². The molecule has 4 aromatic rings. The van der Waals surface area contributed by atoms with Crippen LogP contribution in [0.25, 0.3) is 22.2 Å². The third-order valence-electron chi connectivity index (χ3n) is 6.13. The summed E-state index contributed by atoms with van der Waals surface area (Å²) in [6, 6.07) is 9.26. The molecule has 2 N–H and O–H groups in total. The van der Waals surface area contributed by atoms with Gasteiger partial charge in [-0.3, -0.25) is 4.79 Å². The molecule has 2 aromatic carbocycles. The van der Waals surface area contributed by atoms with E-state index in [0.717, 1.165) is 51.6 Å². The fraction of sp³-hybridized carbons (Fsp3) is 0.240. The first-order valence-electron chi connectivity index (χ1n) is 10.8. The molecule has 8 heteroatoms. The van der Waals surface area contributed by atoms with Gasteiger partial charge in [0, 0.05) is 35.6 Å². The average Bonchev–Trinajstić information content (AvgIpc) is 3.38. The van der Waals surface area contributed by atoms with Gasteiger partial charge in [0.05, 0.1) is 11.8 Å². The van der Waals surface area contributed by atoms with E-state index in [9.17, 15) is 13.6 Å². The number of benzene rings is 2. The zero-order chi connectivity index (χ0) is 23.3. The Labute approximate surface area is 189 Å². The van der Waals surface area contributed by atoms with Crippen LogP contribution in [-0.4, -0.2) is 27.0 Å². The van der Waals surface area contributed by atoms with E-state index in [0.29, 0.717) is 18.8 Å². The number of nitrogen functional groups attached to an aromatic ring is 1. The molecular formula is C25H23F2N5O. The number of nitrogens with two attached hydrogens (primary N) is 1. The van der Waals surface area contributed by atoms with Crippen molar-refractivity contribution in [3.05, 3.63) is 71.7 Å². The minimum absolute atomic E-state index is 0.0574. The molecule has 0 unspecified atom stereocenters. The lowest BCUT2D eigenvalue weighted by molar-refractivity contribution is -0.117. The molecule has 0 bridgehead atoms. The number of carbonyl (C=O) groups excluding carboxylic acids is 1. The van der Waals surface area contributed by atoms with E-state index < -0.39 is 11.6 Å². The number of halogens is 2. The van der Waals surface area contributed by atoms with Gasteiger partial charge in [-0.25, -0.2) is 18.7 Å². The predicted octanol–water partition coefficient (Wildman–Crippen LogP) is 4.67. The van der Waals surface area contributed by atoms with Gasteiger partial charge in [0.15, 0.2) is 0 Å². The molecule has 5 rings (SSSR count). The molecule has 0 saturated carbocycles. The maximum atomic E-state index is 14.0. The topological polar surface area (TPSA) is 77.0 Å². The summed E-state index contributed by atoms with van der Waals surface area (Å²) in [6.45, 7) is 4.65. The monoisotopic (exact) mass is 447 g/mol. The Bertz CT molecular complexity index is 1400. The molecule has 0 radical (unpaired) electrons. The van der Waals surface area contributed by atoms with E-state index in [1.165, 1.54) is 6.33 Å². The van der Waals surface area contributed by atoms with Gasteiger partial charge in [0.1, 0.15) is 29.4 Å². The van der Waals surface area contributed by atoms with Crippen LogP contribution >= 0.6 is 0 Å². The third kappa shape index (κ3) is 3.61. The summed E-state index contributed by atoms with van der Waals surface area (Å²) < 4.78 is 29.6. The molecule has 0 fully saturated rings. The number of nitrogens with zero attached hydrogens (tertiary/aromatic N) is 4. The van der Waals surface area contributed by atoms with Crippen molar-refractivity contribution in [2.45, 2.75) is 32.7 Å². The number of hydrogen-bond donors (Lipinski definition) is 1. The Kier molecular flexibility index (Phi) is 5.08. The van der Waals surface area contributed by atoms with Crippen molar-refractivity contribution in [2.24, 2.45) is 0 Å². The number of amides is 1.